The Hall–Kier alpha value is -1.75. The van der Waals surface area contributed by atoms with Crippen molar-refractivity contribution in [2.75, 3.05) is 26.8 Å². The number of hydrogen-bond donors (Lipinski definition) is 1. The van der Waals surface area contributed by atoms with Crippen molar-refractivity contribution < 1.29 is 9.47 Å². The molecule has 22 heavy (non-hydrogen) atoms. The highest BCUT2D eigenvalue weighted by Gasteiger charge is 2.17. The maximum absolute atomic E-state index is 5.72. The Labute approximate surface area is 131 Å². The van der Waals surface area contributed by atoms with Crippen LogP contribution in [0.5, 0.6) is 11.5 Å². The number of fused-ring (bicyclic) bond motifs is 2. The second-order valence-electron chi connectivity index (χ2n) is 5.72. The minimum absolute atomic E-state index is 0.613. The van der Waals surface area contributed by atoms with Gasteiger partial charge in [-0.05, 0) is 13.5 Å². The number of likely N-dealkylation sites (N-methyl/N-ethyl adjacent to an activating group) is 1. The monoisotopic (exact) mass is 303 g/mol. The Morgan fingerprint density at radius 3 is 2.68 bits per heavy atom. The maximum atomic E-state index is 5.72. The standard InChI is InChI=1S/C17H25N3O2/c1-3-4-5-8-20-14-12-16-15(21-9-10-22-16)11-13(14)19-17(20)6-7-18-2/h11-12,18H,3-10H2,1-2H3. The van der Waals surface area contributed by atoms with Crippen LogP contribution in [-0.4, -0.2) is 36.4 Å². The lowest BCUT2D eigenvalue weighted by Gasteiger charge is -2.18. The fraction of sp³-hybridized carbons (Fsp3) is 0.588. The average molecular weight is 303 g/mol. The number of nitrogens with zero attached hydrogens (tertiary/aromatic N) is 2. The van der Waals surface area contributed by atoms with E-state index in [1.807, 2.05) is 13.1 Å². The predicted molar refractivity (Wildman–Crippen MR) is 87.9 cm³/mol. The maximum Gasteiger partial charge on any atom is 0.163 e. The van der Waals surface area contributed by atoms with Gasteiger partial charge in [0.2, 0.25) is 0 Å². The normalized spacial score (nSPS) is 13.7. The quantitative estimate of drug-likeness (QED) is 0.799. The van der Waals surface area contributed by atoms with E-state index in [-0.39, 0.29) is 0 Å². The molecule has 0 atom stereocenters. The van der Waals surface area contributed by atoms with Crippen LogP contribution in [0.25, 0.3) is 11.0 Å². The third-order valence-electron chi connectivity index (χ3n) is 4.08. The molecule has 0 aliphatic carbocycles. The first-order chi connectivity index (χ1) is 10.8. The molecule has 1 aliphatic heterocycles. The minimum atomic E-state index is 0.613. The third-order valence-corrected chi connectivity index (χ3v) is 4.08. The van der Waals surface area contributed by atoms with E-state index >= 15 is 0 Å². The van der Waals surface area contributed by atoms with Gasteiger partial charge in [0.15, 0.2) is 11.5 Å². The molecule has 1 aromatic carbocycles. The van der Waals surface area contributed by atoms with E-state index in [1.54, 1.807) is 0 Å². The molecular formula is C17H25N3O2. The number of hydrogen-bond acceptors (Lipinski definition) is 4. The summed E-state index contributed by atoms with van der Waals surface area (Å²) >= 11 is 0. The van der Waals surface area contributed by atoms with Crippen LogP contribution in [0.15, 0.2) is 12.1 Å². The van der Waals surface area contributed by atoms with Gasteiger partial charge in [0.25, 0.3) is 0 Å². The molecule has 5 heteroatoms. The Kier molecular flexibility index (Phi) is 4.83. The zero-order chi connectivity index (χ0) is 15.4. The third kappa shape index (κ3) is 3.04. The largest absolute Gasteiger partial charge is 0.486 e. The molecular weight excluding hydrogens is 278 g/mol. The number of aryl methyl sites for hydroxylation is 1. The molecule has 1 aliphatic rings. The summed E-state index contributed by atoms with van der Waals surface area (Å²) in [6, 6.07) is 4.11. The first-order valence-corrected chi connectivity index (χ1v) is 8.27. The van der Waals surface area contributed by atoms with Crippen molar-refractivity contribution in [2.24, 2.45) is 0 Å². The van der Waals surface area contributed by atoms with Gasteiger partial charge in [-0.2, -0.15) is 0 Å². The van der Waals surface area contributed by atoms with Crippen molar-refractivity contribution in [1.29, 1.82) is 0 Å². The summed E-state index contributed by atoms with van der Waals surface area (Å²) in [5.41, 5.74) is 2.17. The molecule has 120 valence electrons. The number of unbranched alkanes of at least 4 members (excludes halogenated alkanes) is 2. The van der Waals surface area contributed by atoms with Crippen molar-refractivity contribution in [2.45, 2.75) is 39.2 Å². The number of nitrogens with one attached hydrogen (secondary N) is 1. The van der Waals surface area contributed by atoms with Crippen LogP contribution >= 0.6 is 0 Å². The first-order valence-electron chi connectivity index (χ1n) is 8.27. The number of aromatic nitrogens is 2. The molecule has 0 bridgehead atoms. The average Bonchev–Trinajstić information content (AvgIpc) is 2.88. The minimum Gasteiger partial charge on any atom is -0.486 e. The Bertz CT molecular complexity index is 636. The van der Waals surface area contributed by atoms with E-state index in [1.165, 1.54) is 19.3 Å². The zero-order valence-corrected chi connectivity index (χ0v) is 13.5. The van der Waals surface area contributed by atoms with E-state index in [9.17, 15) is 0 Å². The summed E-state index contributed by atoms with van der Waals surface area (Å²) in [6.07, 6.45) is 4.59. The summed E-state index contributed by atoms with van der Waals surface area (Å²) < 4.78 is 13.7. The highest BCUT2D eigenvalue weighted by molar-refractivity contribution is 5.80. The Morgan fingerprint density at radius 2 is 1.95 bits per heavy atom. The van der Waals surface area contributed by atoms with Gasteiger partial charge >= 0.3 is 0 Å². The molecule has 0 saturated heterocycles. The molecule has 0 fully saturated rings. The molecule has 5 nitrogen and oxygen atoms in total. The smallest absolute Gasteiger partial charge is 0.163 e. The van der Waals surface area contributed by atoms with Crippen LogP contribution in [0.2, 0.25) is 0 Å². The van der Waals surface area contributed by atoms with Crippen molar-refractivity contribution in [3.63, 3.8) is 0 Å². The highest BCUT2D eigenvalue weighted by Crippen LogP contribution is 2.35. The first kappa shape index (κ1) is 15.2. The number of ether oxygens (including phenoxy) is 2. The van der Waals surface area contributed by atoms with Crippen molar-refractivity contribution in [1.82, 2.24) is 14.9 Å². The highest BCUT2D eigenvalue weighted by atomic mass is 16.6. The molecule has 0 amide bonds. The van der Waals surface area contributed by atoms with Gasteiger partial charge in [0, 0.05) is 31.6 Å². The van der Waals surface area contributed by atoms with Gasteiger partial charge in [0.1, 0.15) is 19.0 Å². The lowest BCUT2D eigenvalue weighted by Crippen LogP contribution is -2.15. The number of rotatable bonds is 7. The van der Waals surface area contributed by atoms with E-state index in [4.69, 9.17) is 14.5 Å². The Balaban J connectivity index is 1.97. The van der Waals surface area contributed by atoms with Gasteiger partial charge < -0.3 is 19.4 Å². The van der Waals surface area contributed by atoms with Gasteiger partial charge in [-0.3, -0.25) is 0 Å². The summed E-state index contributed by atoms with van der Waals surface area (Å²) in [5, 5.41) is 3.21. The fourth-order valence-electron chi connectivity index (χ4n) is 2.91. The van der Waals surface area contributed by atoms with Crippen molar-refractivity contribution in [3.8, 4) is 11.5 Å². The second kappa shape index (κ2) is 7.01. The van der Waals surface area contributed by atoms with Gasteiger partial charge in [-0.1, -0.05) is 19.8 Å². The van der Waals surface area contributed by atoms with Crippen LogP contribution in [-0.2, 0) is 13.0 Å². The van der Waals surface area contributed by atoms with E-state index in [0.29, 0.717) is 13.2 Å². The molecule has 0 saturated carbocycles. The molecule has 1 N–H and O–H groups in total. The summed E-state index contributed by atoms with van der Waals surface area (Å²) in [6.45, 7) is 5.42. The lowest BCUT2D eigenvalue weighted by molar-refractivity contribution is 0.172. The van der Waals surface area contributed by atoms with Gasteiger partial charge in [0.05, 0.1) is 11.0 Å². The molecule has 1 aromatic heterocycles. The molecule has 0 spiro atoms. The molecule has 2 heterocycles. The zero-order valence-electron chi connectivity index (χ0n) is 13.5. The van der Waals surface area contributed by atoms with Crippen LogP contribution in [0.3, 0.4) is 0 Å². The molecule has 3 rings (SSSR count). The molecule has 0 radical (unpaired) electrons. The second-order valence-corrected chi connectivity index (χ2v) is 5.72. The summed E-state index contributed by atoms with van der Waals surface area (Å²) in [7, 11) is 1.98. The van der Waals surface area contributed by atoms with E-state index in [0.717, 1.165) is 47.9 Å². The SMILES string of the molecule is CCCCCn1c(CCNC)nc2cc3c(cc21)OCCO3. The molecule has 0 unspecified atom stereocenters. The van der Waals surface area contributed by atoms with Crippen molar-refractivity contribution >= 4 is 11.0 Å². The van der Waals surface area contributed by atoms with Crippen LogP contribution < -0.4 is 14.8 Å². The fourth-order valence-corrected chi connectivity index (χ4v) is 2.91. The predicted octanol–water partition coefficient (Wildman–Crippen LogP) is 2.76. The van der Waals surface area contributed by atoms with Gasteiger partial charge in [-0.25, -0.2) is 4.98 Å². The summed E-state index contributed by atoms with van der Waals surface area (Å²) in [4.78, 5) is 4.82. The van der Waals surface area contributed by atoms with Crippen LogP contribution in [0, 0.1) is 0 Å². The topological polar surface area (TPSA) is 48.3 Å². The van der Waals surface area contributed by atoms with E-state index in [2.05, 4.69) is 22.9 Å². The number of benzene rings is 1. The van der Waals surface area contributed by atoms with E-state index < -0.39 is 0 Å². The van der Waals surface area contributed by atoms with Gasteiger partial charge in [-0.15, -0.1) is 0 Å². The number of imidazole rings is 1. The van der Waals surface area contributed by atoms with Crippen LogP contribution in [0.1, 0.15) is 32.0 Å². The summed E-state index contributed by atoms with van der Waals surface area (Å²) in [5.74, 6) is 2.80. The Morgan fingerprint density at radius 1 is 1.18 bits per heavy atom. The van der Waals surface area contributed by atoms with Crippen molar-refractivity contribution in [3.05, 3.63) is 18.0 Å². The van der Waals surface area contributed by atoms with Crippen LogP contribution in [0.4, 0.5) is 0 Å². The molecule has 2 aromatic rings. The lowest BCUT2D eigenvalue weighted by atomic mass is 10.2.